The molecule has 2 rings (SSSR count). The van der Waals surface area contributed by atoms with Gasteiger partial charge in [0.15, 0.2) is 0 Å². The maximum atomic E-state index is 6.14. The number of hydrogen-bond donors (Lipinski definition) is 1. The Morgan fingerprint density at radius 3 is 3.12 bits per heavy atom. The van der Waals surface area contributed by atoms with E-state index in [0.29, 0.717) is 6.04 Å². The van der Waals surface area contributed by atoms with Crippen LogP contribution in [0.4, 0.5) is 0 Å². The van der Waals surface area contributed by atoms with Gasteiger partial charge in [0.05, 0.1) is 5.02 Å². The van der Waals surface area contributed by atoms with Crippen LogP contribution in [-0.2, 0) is 6.42 Å². The Morgan fingerprint density at radius 2 is 2.38 bits per heavy atom. The molecule has 0 aromatic carbocycles. The highest BCUT2D eigenvalue weighted by Crippen LogP contribution is 2.30. The predicted molar refractivity (Wildman–Crippen MR) is 67.8 cm³/mol. The van der Waals surface area contributed by atoms with Crippen LogP contribution >= 0.6 is 11.6 Å². The number of nitrogens with one attached hydrogen (secondary N) is 1. The molecule has 0 spiro atoms. The zero-order chi connectivity index (χ0) is 11.4. The van der Waals surface area contributed by atoms with E-state index >= 15 is 0 Å². The summed E-state index contributed by atoms with van der Waals surface area (Å²) < 4.78 is 0. The van der Waals surface area contributed by atoms with Crippen molar-refractivity contribution in [2.24, 2.45) is 5.92 Å². The number of halogens is 1. The molecule has 2 atom stereocenters. The summed E-state index contributed by atoms with van der Waals surface area (Å²) in [7, 11) is 0. The van der Waals surface area contributed by atoms with E-state index in [4.69, 9.17) is 11.6 Å². The Bertz CT molecular complexity index is 340. The fraction of sp³-hybridized carbons (Fsp3) is 0.615. The molecule has 3 heteroatoms. The smallest absolute Gasteiger partial charge is 0.0621 e. The molecule has 1 fully saturated rings. The molecule has 0 bridgehead atoms. The third-order valence-corrected chi connectivity index (χ3v) is 3.80. The summed E-state index contributed by atoms with van der Waals surface area (Å²) in [4.78, 5) is 4.03. The van der Waals surface area contributed by atoms with E-state index in [1.54, 1.807) is 6.20 Å². The molecule has 1 aliphatic rings. The first-order valence-corrected chi connectivity index (χ1v) is 6.50. The molecule has 88 valence electrons. The number of nitrogens with zero attached hydrogens (tertiary/aromatic N) is 1. The van der Waals surface area contributed by atoms with Gasteiger partial charge in [-0.25, -0.2) is 0 Å². The Balaban J connectivity index is 2.01. The minimum absolute atomic E-state index is 0.675. The summed E-state index contributed by atoms with van der Waals surface area (Å²) in [5, 5.41) is 4.39. The lowest BCUT2D eigenvalue weighted by Crippen LogP contribution is -2.33. The second-order valence-corrected chi connectivity index (χ2v) is 4.93. The second kappa shape index (κ2) is 5.65. The van der Waals surface area contributed by atoms with Gasteiger partial charge in [-0.2, -0.15) is 0 Å². The Morgan fingerprint density at radius 1 is 1.50 bits per heavy atom. The third kappa shape index (κ3) is 2.74. The Kier molecular flexibility index (Phi) is 4.19. The van der Waals surface area contributed by atoms with E-state index in [9.17, 15) is 0 Å². The molecule has 1 saturated carbocycles. The molecular weight excluding hydrogens is 220 g/mol. The number of hydrogen-bond acceptors (Lipinski definition) is 2. The lowest BCUT2D eigenvalue weighted by Gasteiger charge is -2.20. The first-order valence-electron chi connectivity index (χ1n) is 6.13. The minimum Gasteiger partial charge on any atom is -0.314 e. The highest BCUT2D eigenvalue weighted by molar-refractivity contribution is 6.31. The van der Waals surface area contributed by atoms with Gasteiger partial charge in [-0.3, -0.25) is 4.98 Å². The average molecular weight is 239 g/mol. The molecule has 1 aromatic rings. The van der Waals surface area contributed by atoms with Gasteiger partial charge < -0.3 is 5.32 Å². The zero-order valence-electron chi connectivity index (χ0n) is 9.75. The molecule has 2 unspecified atom stereocenters. The molecule has 0 amide bonds. The normalized spacial score (nSPS) is 24.9. The number of aromatic nitrogens is 1. The maximum Gasteiger partial charge on any atom is 0.0621 e. The fourth-order valence-electron chi connectivity index (χ4n) is 2.66. The van der Waals surface area contributed by atoms with E-state index < -0.39 is 0 Å². The molecule has 16 heavy (non-hydrogen) atoms. The molecule has 0 aliphatic heterocycles. The van der Waals surface area contributed by atoms with Gasteiger partial charge in [0, 0.05) is 18.4 Å². The van der Waals surface area contributed by atoms with Gasteiger partial charge in [0.25, 0.3) is 0 Å². The predicted octanol–water partition coefficient (Wildman–Crippen LogP) is 3.06. The van der Waals surface area contributed by atoms with Crippen molar-refractivity contribution in [3.8, 4) is 0 Å². The van der Waals surface area contributed by atoms with E-state index in [1.807, 2.05) is 12.3 Å². The van der Waals surface area contributed by atoms with Crippen molar-refractivity contribution in [3.63, 3.8) is 0 Å². The van der Waals surface area contributed by atoms with Crippen LogP contribution in [0.3, 0.4) is 0 Å². The first kappa shape index (κ1) is 11.9. The van der Waals surface area contributed by atoms with Gasteiger partial charge in [-0.1, -0.05) is 24.9 Å². The van der Waals surface area contributed by atoms with Crippen LogP contribution in [0, 0.1) is 5.92 Å². The highest BCUT2D eigenvalue weighted by atomic mass is 35.5. The molecule has 1 aromatic heterocycles. The van der Waals surface area contributed by atoms with Crippen LogP contribution in [0.1, 0.15) is 31.7 Å². The van der Waals surface area contributed by atoms with Crippen molar-refractivity contribution in [3.05, 3.63) is 29.0 Å². The van der Waals surface area contributed by atoms with E-state index in [1.165, 1.54) is 24.8 Å². The minimum atomic E-state index is 0.675. The Hall–Kier alpha value is -0.600. The van der Waals surface area contributed by atoms with Crippen LogP contribution in [0.2, 0.25) is 5.02 Å². The molecule has 0 radical (unpaired) electrons. The SMILES string of the molecule is CCNC1CCCC1Cc1ccncc1Cl. The monoisotopic (exact) mass is 238 g/mol. The topological polar surface area (TPSA) is 24.9 Å². The molecule has 2 nitrogen and oxygen atoms in total. The molecule has 1 aliphatic carbocycles. The van der Waals surface area contributed by atoms with E-state index in [-0.39, 0.29) is 0 Å². The van der Waals surface area contributed by atoms with E-state index in [2.05, 4.69) is 17.2 Å². The van der Waals surface area contributed by atoms with Crippen molar-refractivity contribution >= 4 is 11.6 Å². The van der Waals surface area contributed by atoms with Crippen molar-refractivity contribution in [1.82, 2.24) is 10.3 Å². The Labute approximate surface area is 102 Å². The maximum absolute atomic E-state index is 6.14. The van der Waals surface area contributed by atoms with Gasteiger partial charge in [0.2, 0.25) is 0 Å². The van der Waals surface area contributed by atoms with Gasteiger partial charge in [-0.15, -0.1) is 0 Å². The van der Waals surface area contributed by atoms with E-state index in [0.717, 1.165) is 23.9 Å². The number of rotatable bonds is 4. The fourth-order valence-corrected chi connectivity index (χ4v) is 2.86. The van der Waals surface area contributed by atoms with Gasteiger partial charge >= 0.3 is 0 Å². The quantitative estimate of drug-likeness (QED) is 0.872. The summed E-state index contributed by atoms with van der Waals surface area (Å²) in [6.07, 6.45) is 8.62. The standard InChI is InChI=1S/C13H19ClN2/c1-2-16-13-5-3-4-11(13)8-10-6-7-15-9-12(10)14/h6-7,9,11,13,16H,2-5,8H2,1H3. The lowest BCUT2D eigenvalue weighted by atomic mass is 9.95. The van der Waals surface area contributed by atoms with Crippen LogP contribution < -0.4 is 5.32 Å². The summed E-state index contributed by atoms with van der Waals surface area (Å²) in [5.41, 5.74) is 1.24. The summed E-state index contributed by atoms with van der Waals surface area (Å²) in [6, 6.07) is 2.72. The third-order valence-electron chi connectivity index (χ3n) is 3.46. The van der Waals surface area contributed by atoms with Crippen molar-refractivity contribution in [2.45, 2.75) is 38.6 Å². The zero-order valence-corrected chi connectivity index (χ0v) is 10.5. The summed E-state index contributed by atoms with van der Waals surface area (Å²) in [6.45, 7) is 3.24. The van der Waals surface area contributed by atoms with Crippen molar-refractivity contribution < 1.29 is 0 Å². The first-order chi connectivity index (χ1) is 7.81. The van der Waals surface area contributed by atoms with Crippen LogP contribution in [0.25, 0.3) is 0 Å². The molecule has 1 heterocycles. The second-order valence-electron chi connectivity index (χ2n) is 4.53. The van der Waals surface area contributed by atoms with Crippen molar-refractivity contribution in [2.75, 3.05) is 6.54 Å². The lowest BCUT2D eigenvalue weighted by molar-refractivity contribution is 0.406. The van der Waals surface area contributed by atoms with Gasteiger partial charge in [0.1, 0.15) is 0 Å². The summed E-state index contributed by atoms with van der Waals surface area (Å²) in [5.74, 6) is 0.736. The van der Waals surface area contributed by atoms with Crippen molar-refractivity contribution in [1.29, 1.82) is 0 Å². The van der Waals surface area contributed by atoms with Crippen LogP contribution in [0.15, 0.2) is 18.5 Å². The summed E-state index contributed by atoms with van der Waals surface area (Å²) >= 11 is 6.14. The molecular formula is C13H19ClN2. The molecule has 1 N–H and O–H groups in total. The highest BCUT2D eigenvalue weighted by Gasteiger charge is 2.26. The van der Waals surface area contributed by atoms with Gasteiger partial charge in [-0.05, 0) is 43.4 Å². The average Bonchev–Trinajstić information content (AvgIpc) is 2.70. The molecule has 0 saturated heterocycles. The van der Waals surface area contributed by atoms with Crippen LogP contribution in [0.5, 0.6) is 0 Å². The largest absolute Gasteiger partial charge is 0.314 e. The van der Waals surface area contributed by atoms with Crippen LogP contribution in [-0.4, -0.2) is 17.6 Å². The number of pyridine rings is 1.